The van der Waals surface area contributed by atoms with Crippen molar-refractivity contribution in [2.75, 3.05) is 23.3 Å². The van der Waals surface area contributed by atoms with E-state index in [0.29, 0.717) is 11.4 Å². The average Bonchev–Trinajstić information content (AvgIpc) is 2.64. The van der Waals surface area contributed by atoms with E-state index < -0.39 is 6.10 Å². The molecule has 2 aromatic carbocycles. The molecule has 2 aromatic rings. The second-order valence-corrected chi connectivity index (χ2v) is 6.77. The van der Waals surface area contributed by atoms with E-state index in [2.05, 4.69) is 10.2 Å². The van der Waals surface area contributed by atoms with E-state index >= 15 is 0 Å². The number of benzene rings is 2. The van der Waals surface area contributed by atoms with E-state index in [4.69, 9.17) is 4.74 Å². The summed E-state index contributed by atoms with van der Waals surface area (Å²) in [4.78, 5) is 14.8. The fourth-order valence-corrected chi connectivity index (χ4v) is 3.13. The third-order valence-corrected chi connectivity index (χ3v) is 4.62. The first-order valence-corrected chi connectivity index (χ1v) is 9.11. The number of aryl methyl sites for hydroxylation is 1. The molecule has 1 amide bonds. The highest BCUT2D eigenvalue weighted by molar-refractivity contribution is 5.97. The molecule has 0 radical (unpaired) electrons. The van der Waals surface area contributed by atoms with E-state index in [1.54, 1.807) is 13.0 Å². The summed E-state index contributed by atoms with van der Waals surface area (Å²) in [5.74, 6) is -0.0312. The third-order valence-electron chi connectivity index (χ3n) is 4.62. The Hall–Kier alpha value is -2.56. The summed E-state index contributed by atoms with van der Waals surface area (Å²) in [7, 11) is 0. The second kappa shape index (κ2) is 8.21. The predicted octanol–water partition coefficient (Wildman–Crippen LogP) is 4.53. The minimum Gasteiger partial charge on any atom is -0.481 e. The van der Waals surface area contributed by atoms with Crippen LogP contribution in [0.1, 0.15) is 31.7 Å². The van der Waals surface area contributed by atoms with Gasteiger partial charge in [0.25, 0.3) is 5.91 Å². The molecule has 1 fully saturated rings. The van der Waals surface area contributed by atoms with E-state index in [1.165, 1.54) is 18.6 Å². The largest absolute Gasteiger partial charge is 0.481 e. The molecule has 0 aliphatic carbocycles. The average molecular weight is 356 g/mol. The maximum Gasteiger partial charge on any atom is 0.265 e. The normalized spacial score (nSPS) is 15.4. The summed E-state index contributed by atoms with van der Waals surface area (Å²) in [5.41, 5.74) is 2.48. The van der Waals surface area contributed by atoms with Gasteiger partial charge in [0, 0.05) is 13.1 Å². The highest BCUT2D eigenvalue weighted by Crippen LogP contribution is 2.29. The molecule has 1 unspecified atom stereocenters. The highest BCUT2D eigenvalue weighted by Gasteiger charge is 2.20. The van der Waals surface area contributed by atoms with E-state index in [0.717, 1.165) is 37.2 Å². The van der Waals surface area contributed by atoms with Crippen molar-refractivity contribution >= 4 is 17.3 Å². The van der Waals surface area contributed by atoms with E-state index in [1.807, 2.05) is 31.2 Å². The third kappa shape index (κ3) is 4.54. The second-order valence-electron chi connectivity index (χ2n) is 6.77. The smallest absolute Gasteiger partial charge is 0.265 e. The molecular weight excluding hydrogens is 331 g/mol. The summed E-state index contributed by atoms with van der Waals surface area (Å²) >= 11 is 0. The lowest BCUT2D eigenvalue weighted by Gasteiger charge is -2.30. The van der Waals surface area contributed by atoms with Gasteiger partial charge >= 0.3 is 0 Å². The molecule has 1 atom stereocenters. The Morgan fingerprint density at radius 1 is 1.12 bits per heavy atom. The predicted molar refractivity (Wildman–Crippen MR) is 102 cm³/mol. The van der Waals surface area contributed by atoms with Crippen molar-refractivity contribution in [3.8, 4) is 5.75 Å². The van der Waals surface area contributed by atoms with E-state index in [9.17, 15) is 9.18 Å². The van der Waals surface area contributed by atoms with Crippen LogP contribution in [0.25, 0.3) is 0 Å². The van der Waals surface area contributed by atoms with Gasteiger partial charge in [0.2, 0.25) is 0 Å². The molecule has 3 rings (SSSR count). The van der Waals surface area contributed by atoms with Crippen LogP contribution >= 0.6 is 0 Å². The number of nitrogens with one attached hydrogen (secondary N) is 1. The molecule has 26 heavy (non-hydrogen) atoms. The molecule has 1 aliphatic heterocycles. The standard InChI is InChI=1S/C21H25FN2O2/c1-15-6-9-18(10-7-15)26-16(2)21(25)23-19-14-17(22)8-11-20(19)24-12-4-3-5-13-24/h6-11,14,16H,3-5,12-13H2,1-2H3,(H,23,25). The van der Waals surface area contributed by atoms with Crippen molar-refractivity contribution in [2.45, 2.75) is 39.2 Å². The number of hydrogen-bond donors (Lipinski definition) is 1. The monoisotopic (exact) mass is 356 g/mol. The summed E-state index contributed by atoms with van der Waals surface area (Å²) < 4.78 is 19.4. The van der Waals surface area contributed by atoms with Crippen LogP contribution in [0.15, 0.2) is 42.5 Å². The van der Waals surface area contributed by atoms with Crippen LogP contribution in [0.3, 0.4) is 0 Å². The Morgan fingerprint density at radius 3 is 2.50 bits per heavy atom. The summed E-state index contributed by atoms with van der Waals surface area (Å²) in [6.45, 7) is 5.52. The fourth-order valence-electron chi connectivity index (χ4n) is 3.13. The van der Waals surface area contributed by atoms with Crippen LogP contribution in [0.4, 0.5) is 15.8 Å². The highest BCUT2D eigenvalue weighted by atomic mass is 19.1. The number of nitrogens with zero attached hydrogens (tertiary/aromatic N) is 1. The zero-order chi connectivity index (χ0) is 18.5. The van der Waals surface area contributed by atoms with Gasteiger partial charge in [0.15, 0.2) is 6.10 Å². The number of carbonyl (C=O) groups excluding carboxylic acids is 1. The number of piperidine rings is 1. The summed E-state index contributed by atoms with van der Waals surface area (Å²) in [6, 6.07) is 12.1. The van der Waals surface area contributed by atoms with Gasteiger partial charge in [-0.3, -0.25) is 4.79 Å². The fraction of sp³-hybridized carbons (Fsp3) is 0.381. The molecule has 1 aliphatic rings. The SMILES string of the molecule is Cc1ccc(OC(C)C(=O)Nc2cc(F)ccc2N2CCCCC2)cc1. The van der Waals surface area contributed by atoms with Gasteiger partial charge in [0.05, 0.1) is 11.4 Å². The number of anilines is 2. The molecule has 0 bridgehead atoms. The molecular formula is C21H25FN2O2. The van der Waals surface area contributed by atoms with Gasteiger partial charge < -0.3 is 15.0 Å². The van der Waals surface area contributed by atoms with Crippen LogP contribution in [0.5, 0.6) is 5.75 Å². The molecule has 138 valence electrons. The van der Waals surface area contributed by atoms with Gasteiger partial charge in [-0.15, -0.1) is 0 Å². The van der Waals surface area contributed by atoms with Gasteiger partial charge in [-0.25, -0.2) is 4.39 Å². The van der Waals surface area contributed by atoms with Gasteiger partial charge in [0.1, 0.15) is 11.6 Å². The molecule has 0 saturated carbocycles. The van der Waals surface area contributed by atoms with E-state index in [-0.39, 0.29) is 11.7 Å². The summed E-state index contributed by atoms with van der Waals surface area (Å²) in [6.07, 6.45) is 2.74. The van der Waals surface area contributed by atoms with Gasteiger partial charge in [-0.2, -0.15) is 0 Å². The molecule has 0 spiro atoms. The number of halogens is 1. The Balaban J connectivity index is 1.71. The zero-order valence-corrected chi connectivity index (χ0v) is 15.3. The van der Waals surface area contributed by atoms with Crippen LogP contribution in [0.2, 0.25) is 0 Å². The van der Waals surface area contributed by atoms with Crippen molar-refractivity contribution in [1.82, 2.24) is 0 Å². The maximum atomic E-state index is 13.7. The topological polar surface area (TPSA) is 41.6 Å². The lowest BCUT2D eigenvalue weighted by Crippen LogP contribution is -2.33. The molecule has 1 N–H and O–H groups in total. The van der Waals surface area contributed by atoms with Gasteiger partial charge in [-0.05, 0) is 63.4 Å². The van der Waals surface area contributed by atoms with Crippen LogP contribution < -0.4 is 15.0 Å². The minimum atomic E-state index is -0.685. The number of rotatable bonds is 5. The first-order valence-electron chi connectivity index (χ1n) is 9.11. The quantitative estimate of drug-likeness (QED) is 0.856. The van der Waals surface area contributed by atoms with Crippen LogP contribution in [-0.4, -0.2) is 25.1 Å². The van der Waals surface area contributed by atoms with Crippen LogP contribution in [0, 0.1) is 12.7 Å². The maximum absolute atomic E-state index is 13.7. The first kappa shape index (κ1) is 18.2. The molecule has 1 saturated heterocycles. The molecule has 0 aromatic heterocycles. The lowest BCUT2D eigenvalue weighted by molar-refractivity contribution is -0.122. The number of hydrogen-bond acceptors (Lipinski definition) is 3. The Kier molecular flexibility index (Phi) is 5.76. The Bertz CT molecular complexity index is 755. The van der Waals surface area contributed by atoms with Crippen molar-refractivity contribution in [2.24, 2.45) is 0 Å². The number of amides is 1. The molecule has 1 heterocycles. The zero-order valence-electron chi connectivity index (χ0n) is 15.3. The minimum absolute atomic E-state index is 0.297. The first-order chi connectivity index (χ1) is 12.5. The van der Waals surface area contributed by atoms with Crippen molar-refractivity contribution in [3.05, 3.63) is 53.8 Å². The van der Waals surface area contributed by atoms with Gasteiger partial charge in [-0.1, -0.05) is 17.7 Å². The molecule has 4 nitrogen and oxygen atoms in total. The lowest BCUT2D eigenvalue weighted by atomic mass is 10.1. The number of carbonyl (C=O) groups is 1. The Labute approximate surface area is 154 Å². The summed E-state index contributed by atoms with van der Waals surface area (Å²) in [5, 5.41) is 2.83. The van der Waals surface area contributed by atoms with Crippen molar-refractivity contribution in [1.29, 1.82) is 0 Å². The van der Waals surface area contributed by atoms with Crippen LogP contribution in [-0.2, 0) is 4.79 Å². The molecule has 5 heteroatoms. The Morgan fingerprint density at radius 2 is 1.81 bits per heavy atom. The van der Waals surface area contributed by atoms with Crippen molar-refractivity contribution in [3.63, 3.8) is 0 Å². The van der Waals surface area contributed by atoms with Crippen molar-refractivity contribution < 1.29 is 13.9 Å². The number of ether oxygens (including phenoxy) is 1.